The van der Waals surface area contributed by atoms with Gasteiger partial charge in [-0.2, -0.15) is 13.2 Å². The van der Waals surface area contributed by atoms with Crippen LogP contribution in [0.2, 0.25) is 0 Å². The van der Waals surface area contributed by atoms with Gasteiger partial charge in [0.15, 0.2) is 0 Å². The minimum absolute atomic E-state index is 0.537. The first-order valence-corrected chi connectivity index (χ1v) is 4.68. The number of esters is 1. The van der Waals surface area contributed by atoms with Crippen molar-refractivity contribution in [2.24, 2.45) is 5.73 Å². The van der Waals surface area contributed by atoms with Gasteiger partial charge in [-0.25, -0.2) is 9.18 Å². The largest absolute Gasteiger partial charge is 0.464 e. The quantitative estimate of drug-likeness (QED) is 0.506. The van der Waals surface area contributed by atoms with Crippen LogP contribution in [0.3, 0.4) is 0 Å². The number of rotatable bonds is 2. The summed E-state index contributed by atoms with van der Waals surface area (Å²) in [5.74, 6) is -2.43. The lowest BCUT2D eigenvalue weighted by Gasteiger charge is -2.11. The number of ether oxygens (including phenoxy) is 1. The van der Waals surface area contributed by atoms with Gasteiger partial charge in [-0.15, -0.1) is 0 Å². The zero-order valence-electron chi connectivity index (χ0n) is 9.22. The van der Waals surface area contributed by atoms with E-state index in [4.69, 9.17) is 5.73 Å². The maximum absolute atomic E-state index is 13.2. The first-order chi connectivity index (χ1) is 8.27. The van der Waals surface area contributed by atoms with Crippen LogP contribution in [0.1, 0.15) is 11.1 Å². The second kappa shape index (κ2) is 5.07. The fourth-order valence-corrected chi connectivity index (χ4v) is 1.30. The van der Waals surface area contributed by atoms with Crippen molar-refractivity contribution in [2.75, 3.05) is 7.11 Å². The van der Waals surface area contributed by atoms with Crippen LogP contribution in [-0.2, 0) is 15.7 Å². The molecule has 0 fully saturated rings. The van der Waals surface area contributed by atoms with Crippen molar-refractivity contribution in [3.63, 3.8) is 0 Å². The molecule has 0 atom stereocenters. The smallest absolute Gasteiger partial charge is 0.419 e. The maximum atomic E-state index is 13.2. The fraction of sp³-hybridized carbons (Fsp3) is 0.182. The Bertz CT molecular complexity index is 494. The third kappa shape index (κ3) is 2.99. The lowest BCUT2D eigenvalue weighted by Crippen LogP contribution is -2.14. The van der Waals surface area contributed by atoms with Crippen LogP contribution in [0.15, 0.2) is 23.9 Å². The molecule has 0 spiro atoms. The summed E-state index contributed by atoms with van der Waals surface area (Å²) in [6.07, 6.45) is -4.16. The van der Waals surface area contributed by atoms with Gasteiger partial charge < -0.3 is 10.5 Å². The summed E-state index contributed by atoms with van der Waals surface area (Å²) in [6, 6.07) is 2.76. The van der Waals surface area contributed by atoms with Crippen LogP contribution in [0, 0.1) is 5.82 Å². The van der Waals surface area contributed by atoms with Crippen molar-refractivity contribution in [1.82, 2.24) is 0 Å². The Labute approximate surface area is 99.8 Å². The number of benzene rings is 1. The van der Waals surface area contributed by atoms with Crippen LogP contribution in [0.5, 0.6) is 0 Å². The van der Waals surface area contributed by atoms with Gasteiger partial charge >= 0.3 is 12.1 Å². The summed E-state index contributed by atoms with van der Waals surface area (Å²) in [7, 11) is 1.03. The first-order valence-electron chi connectivity index (χ1n) is 4.68. The zero-order chi connectivity index (χ0) is 13.9. The molecule has 98 valence electrons. The molecular weight excluding hydrogens is 254 g/mol. The molecule has 7 heteroatoms. The number of methoxy groups -OCH3 is 1. The van der Waals surface area contributed by atoms with E-state index in [1.54, 1.807) is 0 Å². The molecule has 0 aliphatic carbocycles. The monoisotopic (exact) mass is 263 g/mol. The average molecular weight is 263 g/mol. The molecule has 1 rings (SSSR count). The summed E-state index contributed by atoms with van der Waals surface area (Å²) in [6.45, 7) is 0. The molecule has 0 radical (unpaired) electrons. The molecule has 0 unspecified atom stereocenters. The van der Waals surface area contributed by atoms with Crippen molar-refractivity contribution in [2.45, 2.75) is 6.18 Å². The Kier molecular flexibility index (Phi) is 3.95. The highest BCUT2D eigenvalue weighted by Gasteiger charge is 2.36. The van der Waals surface area contributed by atoms with Crippen LogP contribution in [-0.4, -0.2) is 13.1 Å². The van der Waals surface area contributed by atoms with Gasteiger partial charge in [0.05, 0.1) is 12.7 Å². The van der Waals surface area contributed by atoms with Gasteiger partial charge in [-0.3, -0.25) is 0 Å². The molecule has 0 aliphatic rings. The van der Waals surface area contributed by atoms with E-state index in [0.29, 0.717) is 6.07 Å². The summed E-state index contributed by atoms with van der Waals surface area (Å²) in [4.78, 5) is 11.0. The third-order valence-corrected chi connectivity index (χ3v) is 2.06. The molecule has 1 aromatic rings. The molecular formula is C11H9F4NO2. The lowest BCUT2D eigenvalue weighted by molar-refractivity contribution is -0.140. The Morgan fingerprint density at radius 3 is 2.50 bits per heavy atom. The second-order valence-electron chi connectivity index (χ2n) is 3.29. The van der Waals surface area contributed by atoms with E-state index in [1.165, 1.54) is 0 Å². The molecule has 0 saturated heterocycles. The van der Waals surface area contributed by atoms with Gasteiger partial charge in [-0.1, -0.05) is 12.1 Å². The standard InChI is InChI=1S/C11H9F4NO2/c1-18-10(17)8(16)5-6-3-2-4-7(12)9(6)11(13,14)15/h2-5H,16H2,1H3/b8-5-. The Morgan fingerprint density at radius 2 is 2.00 bits per heavy atom. The van der Waals surface area contributed by atoms with E-state index in [9.17, 15) is 22.4 Å². The summed E-state index contributed by atoms with van der Waals surface area (Å²) in [5, 5.41) is 0. The fourth-order valence-electron chi connectivity index (χ4n) is 1.30. The van der Waals surface area contributed by atoms with Gasteiger partial charge in [0.25, 0.3) is 0 Å². The molecule has 0 bridgehead atoms. The van der Waals surface area contributed by atoms with Crippen molar-refractivity contribution in [3.8, 4) is 0 Å². The van der Waals surface area contributed by atoms with Crippen molar-refractivity contribution < 1.29 is 27.1 Å². The molecule has 0 heterocycles. The number of hydrogen-bond acceptors (Lipinski definition) is 3. The molecule has 3 nitrogen and oxygen atoms in total. The highest BCUT2D eigenvalue weighted by molar-refractivity contribution is 5.92. The number of carbonyl (C=O) groups is 1. The van der Waals surface area contributed by atoms with Crippen LogP contribution >= 0.6 is 0 Å². The number of carbonyl (C=O) groups excluding carboxylic acids is 1. The van der Waals surface area contributed by atoms with E-state index >= 15 is 0 Å². The second-order valence-corrected chi connectivity index (χ2v) is 3.29. The topological polar surface area (TPSA) is 52.3 Å². The molecule has 2 N–H and O–H groups in total. The summed E-state index contributed by atoms with van der Waals surface area (Å²) >= 11 is 0. The molecule has 0 aliphatic heterocycles. The Hall–Kier alpha value is -2.05. The first kappa shape index (κ1) is 14.0. The summed E-state index contributed by atoms with van der Waals surface area (Å²) in [5.41, 5.74) is 2.66. The molecule has 1 aromatic carbocycles. The minimum atomic E-state index is -4.88. The number of hydrogen-bond donors (Lipinski definition) is 1. The van der Waals surface area contributed by atoms with Gasteiger partial charge in [-0.05, 0) is 17.7 Å². The minimum Gasteiger partial charge on any atom is -0.464 e. The number of nitrogens with two attached hydrogens (primary N) is 1. The summed E-state index contributed by atoms with van der Waals surface area (Å²) < 4.78 is 55.3. The molecule has 18 heavy (non-hydrogen) atoms. The highest BCUT2D eigenvalue weighted by Crippen LogP contribution is 2.34. The predicted molar refractivity (Wildman–Crippen MR) is 55.6 cm³/mol. The van der Waals surface area contributed by atoms with Crippen molar-refractivity contribution in [1.29, 1.82) is 0 Å². The number of alkyl halides is 3. The third-order valence-electron chi connectivity index (χ3n) is 2.06. The number of halogens is 4. The van der Waals surface area contributed by atoms with E-state index in [-0.39, 0.29) is 0 Å². The van der Waals surface area contributed by atoms with Crippen molar-refractivity contribution >= 4 is 12.0 Å². The lowest BCUT2D eigenvalue weighted by atomic mass is 10.1. The predicted octanol–water partition coefficient (Wildman–Crippen LogP) is 2.32. The van der Waals surface area contributed by atoms with E-state index in [0.717, 1.165) is 25.3 Å². The van der Waals surface area contributed by atoms with Crippen LogP contribution < -0.4 is 5.73 Å². The maximum Gasteiger partial charge on any atom is 0.419 e. The van der Waals surface area contributed by atoms with Crippen LogP contribution in [0.4, 0.5) is 17.6 Å². The van der Waals surface area contributed by atoms with E-state index < -0.39 is 34.8 Å². The average Bonchev–Trinajstić information content (AvgIpc) is 2.26. The SMILES string of the molecule is COC(=O)/C(N)=C/c1cccc(F)c1C(F)(F)F. The zero-order valence-corrected chi connectivity index (χ0v) is 9.22. The molecule has 0 amide bonds. The molecule has 0 saturated carbocycles. The van der Waals surface area contributed by atoms with Crippen molar-refractivity contribution in [3.05, 3.63) is 40.8 Å². The Morgan fingerprint density at radius 1 is 1.39 bits per heavy atom. The highest BCUT2D eigenvalue weighted by atomic mass is 19.4. The van der Waals surface area contributed by atoms with Gasteiger partial charge in [0, 0.05) is 0 Å². The van der Waals surface area contributed by atoms with Gasteiger partial charge in [0.1, 0.15) is 11.5 Å². The van der Waals surface area contributed by atoms with Crippen LogP contribution in [0.25, 0.3) is 6.08 Å². The van der Waals surface area contributed by atoms with E-state index in [2.05, 4.69) is 4.74 Å². The Balaban J connectivity index is 3.35. The molecule has 0 aromatic heterocycles. The normalized spacial score (nSPS) is 12.4. The van der Waals surface area contributed by atoms with E-state index in [1.807, 2.05) is 0 Å². The van der Waals surface area contributed by atoms with Gasteiger partial charge in [0.2, 0.25) is 0 Å².